The van der Waals surface area contributed by atoms with E-state index >= 15 is 0 Å². The number of morpholine rings is 1. The first-order valence-electron chi connectivity index (χ1n) is 6.38. The highest BCUT2D eigenvalue weighted by atomic mass is 35.5. The Hall–Kier alpha value is -1.37. The van der Waals surface area contributed by atoms with Crippen molar-refractivity contribution < 1.29 is 4.74 Å². The summed E-state index contributed by atoms with van der Waals surface area (Å²) in [6.07, 6.45) is 1.58. The van der Waals surface area contributed by atoms with Crippen LogP contribution in [0.15, 0.2) is 23.8 Å². The molecule has 7 heteroatoms. The predicted octanol–water partition coefficient (Wildman–Crippen LogP) is 2.81. The van der Waals surface area contributed by atoms with E-state index in [4.69, 9.17) is 16.3 Å². The zero-order valence-corrected chi connectivity index (χ0v) is 12.6. The van der Waals surface area contributed by atoms with Gasteiger partial charge >= 0.3 is 0 Å². The van der Waals surface area contributed by atoms with Crippen LogP contribution in [-0.4, -0.2) is 36.7 Å². The normalized spacial score (nSPS) is 19.1. The lowest BCUT2D eigenvalue weighted by molar-refractivity contribution is 0.0419. The summed E-state index contributed by atoms with van der Waals surface area (Å²) in [7, 11) is 1.82. The molecule has 0 saturated carbocycles. The molecule has 1 atom stereocenters. The van der Waals surface area contributed by atoms with Crippen LogP contribution < -0.4 is 10.2 Å². The van der Waals surface area contributed by atoms with Crippen molar-refractivity contribution in [3.05, 3.63) is 33.9 Å². The van der Waals surface area contributed by atoms with E-state index in [0.717, 1.165) is 24.6 Å². The number of halogens is 1. The second-order valence-electron chi connectivity index (χ2n) is 4.43. The number of hydrogen-bond acceptors (Lipinski definition) is 6. The van der Waals surface area contributed by atoms with Gasteiger partial charge in [-0.2, -0.15) is 0 Å². The Morgan fingerprint density at radius 3 is 3.15 bits per heavy atom. The molecule has 106 valence electrons. The van der Waals surface area contributed by atoms with Gasteiger partial charge in [0.25, 0.3) is 0 Å². The van der Waals surface area contributed by atoms with Crippen molar-refractivity contribution in [2.45, 2.75) is 6.10 Å². The average molecular weight is 311 g/mol. The lowest BCUT2D eigenvalue weighted by Gasteiger charge is -2.34. The number of hydrogen-bond donors (Lipinski definition) is 1. The highest BCUT2D eigenvalue weighted by molar-refractivity contribution is 7.10. The molecule has 5 nitrogen and oxygen atoms in total. The minimum Gasteiger partial charge on any atom is -0.383 e. The molecule has 3 rings (SSSR count). The van der Waals surface area contributed by atoms with Gasteiger partial charge < -0.3 is 15.0 Å². The second kappa shape index (κ2) is 5.95. The summed E-state index contributed by atoms with van der Waals surface area (Å²) >= 11 is 7.83. The van der Waals surface area contributed by atoms with Gasteiger partial charge in [0, 0.05) is 18.5 Å². The van der Waals surface area contributed by atoms with Gasteiger partial charge in [0.1, 0.15) is 18.1 Å². The van der Waals surface area contributed by atoms with Crippen LogP contribution in [0, 0.1) is 0 Å². The van der Waals surface area contributed by atoms with Gasteiger partial charge in [-0.3, -0.25) is 0 Å². The molecule has 1 saturated heterocycles. The van der Waals surface area contributed by atoms with Crippen LogP contribution in [0.4, 0.5) is 11.5 Å². The van der Waals surface area contributed by atoms with Crippen LogP contribution in [0.5, 0.6) is 0 Å². The smallest absolute Gasteiger partial charge is 0.157 e. The molecule has 0 bridgehead atoms. The second-order valence-corrected chi connectivity index (χ2v) is 5.77. The van der Waals surface area contributed by atoms with Gasteiger partial charge in [-0.1, -0.05) is 17.7 Å². The van der Waals surface area contributed by atoms with Crippen molar-refractivity contribution in [1.82, 2.24) is 9.97 Å². The van der Waals surface area contributed by atoms with E-state index < -0.39 is 0 Å². The van der Waals surface area contributed by atoms with Crippen molar-refractivity contribution in [3.63, 3.8) is 0 Å². The largest absolute Gasteiger partial charge is 0.383 e. The highest BCUT2D eigenvalue weighted by Gasteiger charge is 2.25. The van der Waals surface area contributed by atoms with E-state index in [9.17, 15) is 0 Å². The maximum absolute atomic E-state index is 6.12. The van der Waals surface area contributed by atoms with Gasteiger partial charge in [-0.05, 0) is 11.4 Å². The van der Waals surface area contributed by atoms with Crippen LogP contribution in [0.1, 0.15) is 11.0 Å². The number of nitrogens with one attached hydrogen (secondary N) is 1. The molecular weight excluding hydrogens is 296 g/mol. The topological polar surface area (TPSA) is 50.3 Å². The molecule has 1 fully saturated rings. The Morgan fingerprint density at radius 1 is 1.50 bits per heavy atom. The zero-order chi connectivity index (χ0) is 13.9. The Morgan fingerprint density at radius 2 is 2.40 bits per heavy atom. The van der Waals surface area contributed by atoms with Crippen LogP contribution in [0.25, 0.3) is 0 Å². The third kappa shape index (κ3) is 2.59. The molecule has 2 aromatic heterocycles. The fourth-order valence-corrected chi connectivity index (χ4v) is 3.29. The number of thiophene rings is 1. The van der Waals surface area contributed by atoms with Crippen LogP contribution >= 0.6 is 22.9 Å². The molecule has 20 heavy (non-hydrogen) atoms. The van der Waals surface area contributed by atoms with E-state index in [2.05, 4.69) is 31.6 Å². The lowest BCUT2D eigenvalue weighted by atomic mass is 10.2. The summed E-state index contributed by atoms with van der Waals surface area (Å²) in [6, 6.07) is 4.15. The molecule has 1 unspecified atom stereocenters. The first-order valence-corrected chi connectivity index (χ1v) is 7.63. The maximum atomic E-state index is 6.12. The molecule has 0 amide bonds. The van der Waals surface area contributed by atoms with E-state index in [1.54, 1.807) is 11.3 Å². The first-order chi connectivity index (χ1) is 9.79. The first kappa shape index (κ1) is 13.6. The van der Waals surface area contributed by atoms with E-state index in [1.165, 1.54) is 11.2 Å². The summed E-state index contributed by atoms with van der Waals surface area (Å²) in [5.74, 6) is 0.831. The number of ether oxygens (including phenoxy) is 1. The number of rotatable bonds is 3. The Bertz CT molecular complexity index is 578. The quantitative estimate of drug-likeness (QED) is 0.884. The third-order valence-corrected chi connectivity index (χ3v) is 4.51. The van der Waals surface area contributed by atoms with Crippen molar-refractivity contribution >= 4 is 34.4 Å². The standard InChI is InChI=1S/C13H15ClN4OS/c1-15-11-12(14)16-8-17-13(11)18-4-5-19-9(7-18)10-3-2-6-20-10/h2-3,6,8-9,15H,4-5,7H2,1H3. The Balaban J connectivity index is 1.85. The number of nitrogens with zero attached hydrogens (tertiary/aromatic N) is 3. The Labute approximate surface area is 126 Å². The molecule has 0 spiro atoms. The van der Waals surface area contributed by atoms with E-state index in [-0.39, 0.29) is 6.10 Å². The summed E-state index contributed by atoms with van der Waals surface area (Å²) in [5.41, 5.74) is 0.765. The molecule has 1 aliphatic rings. The minimum absolute atomic E-state index is 0.0854. The number of anilines is 2. The fraction of sp³-hybridized carbons (Fsp3) is 0.385. The molecular formula is C13H15ClN4OS. The molecule has 1 N–H and O–H groups in total. The SMILES string of the molecule is CNc1c(Cl)ncnc1N1CCOC(c2cccs2)C1. The van der Waals surface area contributed by atoms with Gasteiger partial charge in [0.15, 0.2) is 11.0 Å². The molecule has 0 aliphatic carbocycles. The van der Waals surface area contributed by atoms with Crippen LogP contribution in [-0.2, 0) is 4.74 Å². The van der Waals surface area contributed by atoms with Crippen molar-refractivity contribution in [2.24, 2.45) is 0 Å². The monoisotopic (exact) mass is 310 g/mol. The molecule has 1 aliphatic heterocycles. The Kier molecular flexibility index (Phi) is 4.05. The molecule has 2 aromatic rings. The van der Waals surface area contributed by atoms with Gasteiger partial charge in [-0.25, -0.2) is 9.97 Å². The summed E-state index contributed by atoms with van der Waals surface area (Å²) in [5, 5.41) is 5.58. The number of aromatic nitrogens is 2. The summed E-state index contributed by atoms with van der Waals surface area (Å²) in [4.78, 5) is 11.8. The van der Waals surface area contributed by atoms with Gasteiger partial charge in [0.05, 0.1) is 13.2 Å². The van der Waals surface area contributed by atoms with E-state index in [1.807, 2.05) is 13.1 Å². The minimum atomic E-state index is 0.0854. The predicted molar refractivity (Wildman–Crippen MR) is 81.8 cm³/mol. The maximum Gasteiger partial charge on any atom is 0.157 e. The van der Waals surface area contributed by atoms with Gasteiger partial charge in [-0.15, -0.1) is 11.3 Å². The van der Waals surface area contributed by atoms with Crippen molar-refractivity contribution in [1.29, 1.82) is 0 Å². The van der Waals surface area contributed by atoms with Crippen molar-refractivity contribution in [2.75, 3.05) is 37.0 Å². The molecule has 0 aromatic carbocycles. The lowest BCUT2D eigenvalue weighted by Crippen LogP contribution is -2.39. The average Bonchev–Trinajstić information content (AvgIpc) is 3.01. The fourth-order valence-electron chi connectivity index (χ4n) is 2.30. The van der Waals surface area contributed by atoms with Gasteiger partial charge in [0.2, 0.25) is 0 Å². The molecule has 3 heterocycles. The zero-order valence-electron chi connectivity index (χ0n) is 11.0. The molecule has 0 radical (unpaired) electrons. The summed E-state index contributed by atoms with van der Waals surface area (Å²) < 4.78 is 5.85. The van der Waals surface area contributed by atoms with Crippen molar-refractivity contribution in [3.8, 4) is 0 Å². The third-order valence-electron chi connectivity index (χ3n) is 3.26. The highest BCUT2D eigenvalue weighted by Crippen LogP contribution is 2.33. The van der Waals surface area contributed by atoms with E-state index in [0.29, 0.717) is 11.8 Å². The van der Waals surface area contributed by atoms with Crippen LogP contribution in [0.3, 0.4) is 0 Å². The summed E-state index contributed by atoms with van der Waals surface area (Å²) in [6.45, 7) is 2.24. The van der Waals surface area contributed by atoms with Crippen LogP contribution in [0.2, 0.25) is 5.15 Å².